The number of esters is 1. The van der Waals surface area contributed by atoms with Crippen molar-refractivity contribution in [2.24, 2.45) is 5.10 Å². The lowest BCUT2D eigenvalue weighted by atomic mass is 10.1. The molecule has 1 aliphatic rings. The highest BCUT2D eigenvalue weighted by molar-refractivity contribution is 7.99. The molecule has 0 bridgehead atoms. The minimum Gasteiger partial charge on any atom is -0.462 e. The maximum Gasteiger partial charge on any atom is 0.340 e. The standard InChI is InChI=1S/C20H17FN4O3S/c1-3-27-19(26)15(17-11-29-20-23-22-12(2)25(20)24-17)10-13-8-9-18(28-13)14-6-4-5-7-16(14)21/h4-10H,3,11H2,1-2H3/b15-10-. The van der Waals surface area contributed by atoms with E-state index in [0.717, 1.165) is 0 Å². The lowest BCUT2D eigenvalue weighted by Gasteiger charge is -2.14. The van der Waals surface area contributed by atoms with Crippen LogP contribution in [-0.2, 0) is 9.53 Å². The van der Waals surface area contributed by atoms with Gasteiger partial charge in [-0.2, -0.15) is 9.78 Å². The molecule has 0 aliphatic carbocycles. The van der Waals surface area contributed by atoms with Gasteiger partial charge >= 0.3 is 5.97 Å². The monoisotopic (exact) mass is 412 g/mol. The summed E-state index contributed by atoms with van der Waals surface area (Å²) in [5.41, 5.74) is 1.14. The third-order valence-corrected chi connectivity index (χ3v) is 5.12. The molecule has 0 saturated heterocycles. The Balaban J connectivity index is 1.73. The summed E-state index contributed by atoms with van der Waals surface area (Å²) in [5, 5.41) is 13.2. The Kier molecular flexibility index (Phi) is 5.30. The molecule has 0 fully saturated rings. The summed E-state index contributed by atoms with van der Waals surface area (Å²) in [7, 11) is 0. The van der Waals surface area contributed by atoms with Crippen LogP contribution in [0.5, 0.6) is 0 Å². The second-order valence-electron chi connectivity index (χ2n) is 6.14. The van der Waals surface area contributed by atoms with Crippen molar-refractivity contribution in [2.45, 2.75) is 19.0 Å². The zero-order chi connectivity index (χ0) is 20.4. The lowest BCUT2D eigenvalue weighted by molar-refractivity contribution is -0.137. The SMILES string of the molecule is CCOC(=O)/C(=C\c1ccc(-c2ccccc2F)o1)C1=Nn2c(C)nnc2SC1. The fourth-order valence-electron chi connectivity index (χ4n) is 2.80. The topological polar surface area (TPSA) is 82.5 Å². The Morgan fingerprint density at radius 2 is 2.14 bits per heavy atom. The third-order valence-electron chi connectivity index (χ3n) is 4.19. The van der Waals surface area contributed by atoms with Crippen molar-refractivity contribution in [3.8, 4) is 11.3 Å². The van der Waals surface area contributed by atoms with E-state index >= 15 is 0 Å². The number of halogens is 1. The van der Waals surface area contributed by atoms with Crippen LogP contribution >= 0.6 is 11.8 Å². The molecule has 2 aromatic heterocycles. The number of benzene rings is 1. The molecular weight excluding hydrogens is 395 g/mol. The van der Waals surface area contributed by atoms with Crippen LogP contribution in [0.2, 0.25) is 0 Å². The fraction of sp³-hybridized carbons (Fsp3) is 0.200. The highest BCUT2D eigenvalue weighted by Crippen LogP contribution is 2.28. The Morgan fingerprint density at radius 3 is 2.93 bits per heavy atom. The zero-order valence-electron chi connectivity index (χ0n) is 15.8. The number of fused-ring (bicyclic) bond motifs is 1. The van der Waals surface area contributed by atoms with E-state index in [0.29, 0.717) is 39.5 Å². The number of hydrogen-bond donors (Lipinski definition) is 0. The van der Waals surface area contributed by atoms with Crippen molar-refractivity contribution >= 4 is 29.5 Å². The third kappa shape index (κ3) is 3.86. The van der Waals surface area contributed by atoms with Gasteiger partial charge in [-0.3, -0.25) is 0 Å². The van der Waals surface area contributed by atoms with Gasteiger partial charge in [-0.05, 0) is 44.2 Å². The van der Waals surface area contributed by atoms with E-state index in [4.69, 9.17) is 9.15 Å². The van der Waals surface area contributed by atoms with Crippen LogP contribution in [0.4, 0.5) is 4.39 Å². The molecule has 1 aromatic carbocycles. The summed E-state index contributed by atoms with van der Waals surface area (Å²) in [6, 6.07) is 9.67. The van der Waals surface area contributed by atoms with Gasteiger partial charge < -0.3 is 9.15 Å². The number of hydrogen-bond acceptors (Lipinski definition) is 7. The molecule has 0 unspecified atom stereocenters. The molecule has 3 aromatic rings. The smallest absolute Gasteiger partial charge is 0.340 e. The van der Waals surface area contributed by atoms with E-state index in [-0.39, 0.29) is 18.0 Å². The van der Waals surface area contributed by atoms with Crippen molar-refractivity contribution < 1.29 is 18.3 Å². The van der Waals surface area contributed by atoms with Crippen LogP contribution in [0.25, 0.3) is 17.4 Å². The summed E-state index contributed by atoms with van der Waals surface area (Å²) < 4.78 is 26.6. The van der Waals surface area contributed by atoms with E-state index in [1.165, 1.54) is 17.8 Å². The molecule has 0 saturated carbocycles. The molecule has 4 rings (SSSR count). The minimum absolute atomic E-state index is 0.228. The molecule has 1 aliphatic heterocycles. The number of carbonyl (C=O) groups is 1. The van der Waals surface area contributed by atoms with Crippen molar-refractivity contribution in [1.29, 1.82) is 0 Å². The van der Waals surface area contributed by atoms with Gasteiger partial charge in [-0.15, -0.1) is 10.2 Å². The number of furan rings is 1. The molecule has 0 amide bonds. The molecule has 0 N–H and O–H groups in total. The van der Waals surface area contributed by atoms with Crippen LogP contribution in [0.1, 0.15) is 18.5 Å². The van der Waals surface area contributed by atoms with Crippen molar-refractivity contribution in [3.05, 3.63) is 59.4 Å². The number of thioether (sulfide) groups is 1. The molecule has 0 atom stereocenters. The second-order valence-corrected chi connectivity index (χ2v) is 7.08. The van der Waals surface area contributed by atoms with Crippen LogP contribution in [0.15, 0.2) is 56.6 Å². The summed E-state index contributed by atoms with van der Waals surface area (Å²) in [4.78, 5) is 12.6. The van der Waals surface area contributed by atoms with Gasteiger partial charge in [0.15, 0.2) is 5.82 Å². The van der Waals surface area contributed by atoms with E-state index in [2.05, 4.69) is 15.3 Å². The predicted molar refractivity (Wildman–Crippen MR) is 107 cm³/mol. The van der Waals surface area contributed by atoms with Crippen molar-refractivity contribution in [3.63, 3.8) is 0 Å². The van der Waals surface area contributed by atoms with E-state index in [1.807, 2.05) is 0 Å². The largest absolute Gasteiger partial charge is 0.462 e. The summed E-state index contributed by atoms with van der Waals surface area (Å²) >= 11 is 1.43. The van der Waals surface area contributed by atoms with Crippen LogP contribution in [0.3, 0.4) is 0 Å². The number of aromatic nitrogens is 3. The molecule has 148 valence electrons. The summed E-state index contributed by atoms with van der Waals surface area (Å²) in [5.74, 6) is 0.924. The molecular formula is C20H17FN4O3S. The molecule has 29 heavy (non-hydrogen) atoms. The normalized spacial score (nSPS) is 13.8. The number of aryl methyl sites for hydroxylation is 1. The number of ether oxygens (including phenoxy) is 1. The number of rotatable bonds is 5. The summed E-state index contributed by atoms with van der Waals surface area (Å²) in [6.07, 6.45) is 1.56. The average molecular weight is 412 g/mol. The first-order valence-corrected chi connectivity index (χ1v) is 9.92. The quantitative estimate of drug-likeness (QED) is 0.466. The van der Waals surface area contributed by atoms with Crippen LogP contribution in [-0.4, -0.2) is 38.9 Å². The van der Waals surface area contributed by atoms with Gasteiger partial charge in [0, 0.05) is 5.75 Å². The first kappa shape index (κ1) is 19.1. The fourth-order valence-corrected chi connectivity index (χ4v) is 3.68. The Bertz CT molecular complexity index is 1130. The van der Waals surface area contributed by atoms with E-state index in [1.54, 1.807) is 54.9 Å². The Morgan fingerprint density at radius 1 is 1.31 bits per heavy atom. The molecule has 7 nitrogen and oxygen atoms in total. The number of carbonyl (C=O) groups excluding carboxylic acids is 1. The highest BCUT2D eigenvalue weighted by atomic mass is 32.2. The molecule has 3 heterocycles. The second kappa shape index (κ2) is 8.04. The van der Waals surface area contributed by atoms with E-state index in [9.17, 15) is 9.18 Å². The van der Waals surface area contributed by atoms with Gasteiger partial charge in [0.05, 0.1) is 23.5 Å². The van der Waals surface area contributed by atoms with Crippen molar-refractivity contribution in [1.82, 2.24) is 14.9 Å². The van der Waals surface area contributed by atoms with Gasteiger partial charge in [0.2, 0.25) is 5.16 Å². The zero-order valence-corrected chi connectivity index (χ0v) is 16.6. The predicted octanol–water partition coefficient (Wildman–Crippen LogP) is 3.94. The van der Waals surface area contributed by atoms with Gasteiger partial charge in [-0.25, -0.2) is 9.18 Å². The first-order chi connectivity index (χ1) is 14.1. The maximum absolute atomic E-state index is 14.0. The van der Waals surface area contributed by atoms with Gasteiger partial charge in [0.25, 0.3) is 0 Å². The average Bonchev–Trinajstić information content (AvgIpc) is 3.33. The Labute approximate surface area is 170 Å². The van der Waals surface area contributed by atoms with E-state index < -0.39 is 5.97 Å². The van der Waals surface area contributed by atoms with Gasteiger partial charge in [-0.1, -0.05) is 23.9 Å². The molecule has 9 heteroatoms. The molecule has 0 spiro atoms. The van der Waals surface area contributed by atoms with Crippen LogP contribution in [0, 0.1) is 12.7 Å². The maximum atomic E-state index is 14.0. The number of nitrogens with zero attached hydrogens (tertiary/aromatic N) is 4. The summed E-state index contributed by atoms with van der Waals surface area (Å²) in [6.45, 7) is 3.74. The van der Waals surface area contributed by atoms with Crippen LogP contribution < -0.4 is 0 Å². The van der Waals surface area contributed by atoms with Gasteiger partial charge in [0.1, 0.15) is 17.3 Å². The Hall–Kier alpha value is -3.20. The lowest BCUT2D eigenvalue weighted by Crippen LogP contribution is -2.21. The highest BCUT2D eigenvalue weighted by Gasteiger charge is 2.24. The van der Waals surface area contributed by atoms with Crippen molar-refractivity contribution in [2.75, 3.05) is 12.4 Å². The minimum atomic E-state index is -0.509. The first-order valence-electron chi connectivity index (χ1n) is 8.93. The molecule has 0 radical (unpaired) electrons.